The minimum absolute atomic E-state index is 0. The molecule has 0 aliphatic rings. The number of rotatable bonds is 4. The Bertz CT molecular complexity index is 560. The minimum Gasteiger partial charge on any atom is -0.507 e. The van der Waals surface area contributed by atoms with Gasteiger partial charge in [-0.25, -0.2) is 0 Å². The number of aromatic hydroxyl groups is 1. The molecule has 0 aliphatic carbocycles. The van der Waals surface area contributed by atoms with Gasteiger partial charge in [-0.05, 0) is 41.1 Å². The van der Waals surface area contributed by atoms with Gasteiger partial charge in [0.1, 0.15) is 5.75 Å². The van der Waals surface area contributed by atoms with E-state index in [9.17, 15) is 5.11 Å². The third-order valence-corrected chi connectivity index (χ3v) is 3.05. The molecule has 0 amide bonds. The predicted octanol–water partition coefficient (Wildman–Crippen LogP) is 3.38. The van der Waals surface area contributed by atoms with Gasteiger partial charge in [-0.1, -0.05) is 0 Å². The summed E-state index contributed by atoms with van der Waals surface area (Å²) in [7, 11) is 1.55. The average Bonchev–Trinajstić information content (AvgIpc) is 2.36. The Morgan fingerprint density at radius 2 is 2.16 bits per heavy atom. The van der Waals surface area contributed by atoms with Gasteiger partial charge in [-0.2, -0.15) is 0 Å². The van der Waals surface area contributed by atoms with Crippen LogP contribution < -0.4 is 0 Å². The van der Waals surface area contributed by atoms with Crippen molar-refractivity contribution in [1.29, 1.82) is 0 Å². The van der Waals surface area contributed by atoms with E-state index >= 15 is 0 Å². The molecule has 0 spiro atoms. The summed E-state index contributed by atoms with van der Waals surface area (Å²) < 4.78 is 11.6. The summed E-state index contributed by atoms with van der Waals surface area (Å²) in [6, 6.07) is 5.26. The quantitative estimate of drug-likeness (QED) is 0.649. The second kappa shape index (κ2) is 7.31. The summed E-state index contributed by atoms with van der Waals surface area (Å²) in [5.41, 5.74) is 1.39. The number of nitrogens with zero attached hydrogens (tertiary/aromatic N) is 1. The maximum absolute atomic E-state index is 10.0. The number of benzene rings is 1. The number of fused-ring (bicyclic) bond motifs is 1. The van der Waals surface area contributed by atoms with Crippen LogP contribution in [-0.2, 0) is 29.6 Å². The number of ether oxygens (including phenoxy) is 2. The van der Waals surface area contributed by atoms with Gasteiger partial charge in [-0.15, -0.1) is 0 Å². The summed E-state index contributed by atoms with van der Waals surface area (Å²) >= 11 is 3.38. The molecule has 0 saturated carbocycles. The number of methoxy groups -OCH3 is 1. The molecule has 2 rings (SSSR count). The molecular formula is C13H14BrIrNO3. The minimum atomic E-state index is -0.602. The normalized spacial score (nSPS) is 12.2. The van der Waals surface area contributed by atoms with Gasteiger partial charge in [0.05, 0.1) is 11.1 Å². The number of hydrogen-bond acceptors (Lipinski definition) is 4. The first kappa shape index (κ1) is 16.5. The molecule has 1 aromatic heterocycles. The van der Waals surface area contributed by atoms with Crippen LogP contribution in [0.2, 0.25) is 0 Å². The monoisotopic (exact) mass is 504 g/mol. The second-order valence-electron chi connectivity index (χ2n) is 3.74. The molecule has 19 heavy (non-hydrogen) atoms. The van der Waals surface area contributed by atoms with E-state index < -0.39 is 6.29 Å². The standard InChI is InChI=1S/C13H14BrNO3.Ir/c1-3-18-13(17-2)12-9-6-8(14)7-15-10(9)4-5-11(12)16;/h4-7,13,16H,3H2,1-2H3;. The SMILES string of the molecule is CCOC(OC)c1c(O)ccc2ncc(Br)cc12.[Ir]. The van der Waals surface area contributed by atoms with Crippen molar-refractivity contribution in [2.75, 3.05) is 13.7 Å². The van der Waals surface area contributed by atoms with Gasteiger partial charge in [0, 0.05) is 49.9 Å². The second-order valence-corrected chi connectivity index (χ2v) is 4.66. The molecule has 0 saturated heterocycles. The summed E-state index contributed by atoms with van der Waals surface area (Å²) in [6.45, 7) is 2.37. The Morgan fingerprint density at radius 1 is 1.42 bits per heavy atom. The third-order valence-electron chi connectivity index (χ3n) is 2.62. The fraction of sp³-hybridized carbons (Fsp3) is 0.308. The number of phenols is 1. The molecule has 0 bridgehead atoms. The van der Waals surface area contributed by atoms with Crippen LogP contribution in [-0.4, -0.2) is 23.8 Å². The molecule has 0 aliphatic heterocycles. The zero-order chi connectivity index (χ0) is 13.1. The van der Waals surface area contributed by atoms with E-state index in [0.717, 1.165) is 15.4 Å². The molecule has 0 fully saturated rings. The number of halogens is 1. The van der Waals surface area contributed by atoms with Crippen LogP contribution >= 0.6 is 15.9 Å². The molecule has 2 aromatic rings. The molecule has 1 N–H and O–H groups in total. The van der Waals surface area contributed by atoms with Crippen molar-refractivity contribution < 1.29 is 34.7 Å². The maximum Gasteiger partial charge on any atom is 0.187 e. The number of pyridine rings is 1. The fourth-order valence-corrected chi connectivity index (χ4v) is 2.18. The Kier molecular flexibility index (Phi) is 6.36. The first-order valence-electron chi connectivity index (χ1n) is 5.59. The first-order chi connectivity index (χ1) is 8.67. The largest absolute Gasteiger partial charge is 0.507 e. The van der Waals surface area contributed by atoms with Gasteiger partial charge in [0.25, 0.3) is 0 Å². The van der Waals surface area contributed by atoms with Crippen LogP contribution in [0.25, 0.3) is 10.9 Å². The van der Waals surface area contributed by atoms with Gasteiger partial charge < -0.3 is 14.6 Å². The Morgan fingerprint density at radius 3 is 2.79 bits per heavy atom. The van der Waals surface area contributed by atoms with E-state index in [2.05, 4.69) is 20.9 Å². The molecule has 105 valence electrons. The molecular weight excluding hydrogens is 490 g/mol. The number of phenolic OH excluding ortho intramolecular Hbond substituents is 1. The fourth-order valence-electron chi connectivity index (χ4n) is 1.85. The van der Waals surface area contributed by atoms with E-state index in [1.807, 2.05) is 13.0 Å². The van der Waals surface area contributed by atoms with E-state index in [4.69, 9.17) is 9.47 Å². The Balaban J connectivity index is 0.00000180. The van der Waals surface area contributed by atoms with Crippen LogP contribution in [0.15, 0.2) is 28.9 Å². The van der Waals surface area contributed by atoms with Crippen molar-refractivity contribution in [3.05, 3.63) is 34.4 Å². The smallest absolute Gasteiger partial charge is 0.187 e. The van der Waals surface area contributed by atoms with Gasteiger partial charge in [-0.3, -0.25) is 4.98 Å². The van der Waals surface area contributed by atoms with Crippen molar-refractivity contribution in [2.24, 2.45) is 0 Å². The number of hydrogen-bond donors (Lipinski definition) is 1. The Labute approximate surface area is 133 Å². The summed E-state index contributed by atoms with van der Waals surface area (Å²) in [5.74, 6) is 0.141. The van der Waals surface area contributed by atoms with E-state index in [0.29, 0.717) is 12.2 Å². The molecule has 4 nitrogen and oxygen atoms in total. The maximum atomic E-state index is 10.0. The predicted molar refractivity (Wildman–Crippen MR) is 72.5 cm³/mol. The van der Waals surface area contributed by atoms with Crippen LogP contribution in [0.4, 0.5) is 0 Å². The Hall–Kier alpha value is -0.521. The van der Waals surface area contributed by atoms with Crippen molar-refractivity contribution in [3.8, 4) is 5.75 Å². The molecule has 1 radical (unpaired) electrons. The van der Waals surface area contributed by atoms with Gasteiger partial charge in [0.15, 0.2) is 6.29 Å². The zero-order valence-corrected chi connectivity index (χ0v) is 14.5. The first-order valence-corrected chi connectivity index (χ1v) is 6.38. The summed E-state index contributed by atoms with van der Waals surface area (Å²) in [4.78, 5) is 4.29. The topological polar surface area (TPSA) is 51.6 Å². The van der Waals surface area contributed by atoms with Crippen molar-refractivity contribution in [2.45, 2.75) is 13.2 Å². The van der Waals surface area contributed by atoms with Gasteiger partial charge >= 0.3 is 0 Å². The summed E-state index contributed by atoms with van der Waals surface area (Å²) in [6.07, 6.45) is 1.11. The average molecular weight is 504 g/mol. The zero-order valence-electron chi connectivity index (χ0n) is 10.5. The molecule has 1 atom stereocenters. The van der Waals surface area contributed by atoms with Crippen LogP contribution in [0.1, 0.15) is 18.8 Å². The molecule has 1 heterocycles. The molecule has 1 aromatic carbocycles. The van der Waals surface area contributed by atoms with Crippen molar-refractivity contribution in [3.63, 3.8) is 0 Å². The van der Waals surface area contributed by atoms with Crippen LogP contribution in [0.3, 0.4) is 0 Å². The van der Waals surface area contributed by atoms with E-state index in [-0.39, 0.29) is 25.9 Å². The van der Waals surface area contributed by atoms with E-state index in [1.54, 1.807) is 25.4 Å². The van der Waals surface area contributed by atoms with Crippen LogP contribution in [0, 0.1) is 0 Å². The summed E-state index contributed by atoms with van der Waals surface area (Å²) in [5, 5.41) is 10.8. The van der Waals surface area contributed by atoms with Crippen LogP contribution in [0.5, 0.6) is 5.75 Å². The van der Waals surface area contributed by atoms with Crippen molar-refractivity contribution in [1.82, 2.24) is 4.98 Å². The third kappa shape index (κ3) is 3.52. The van der Waals surface area contributed by atoms with E-state index in [1.165, 1.54) is 0 Å². The van der Waals surface area contributed by atoms with Gasteiger partial charge in [0.2, 0.25) is 0 Å². The molecule has 6 heteroatoms. The molecule has 1 unspecified atom stereocenters. The number of aromatic nitrogens is 1. The van der Waals surface area contributed by atoms with Crippen molar-refractivity contribution >= 4 is 26.8 Å².